The Morgan fingerprint density at radius 1 is 1.15 bits per heavy atom. The van der Waals surface area contributed by atoms with Crippen molar-refractivity contribution in [3.8, 4) is 0 Å². The van der Waals surface area contributed by atoms with Gasteiger partial charge in [0.05, 0.1) is 5.69 Å². The average Bonchev–Trinajstić information content (AvgIpc) is 2.78. The molecule has 0 radical (unpaired) electrons. The monoisotopic (exact) mass is 276 g/mol. The van der Waals surface area contributed by atoms with Crippen LogP contribution < -0.4 is 4.90 Å². The maximum Gasteiger partial charge on any atom is 0.213 e. The lowest BCUT2D eigenvalue weighted by Gasteiger charge is -2.33. The number of aliphatic hydroxyl groups is 1. The Balaban J connectivity index is 2.27. The van der Waals surface area contributed by atoms with Gasteiger partial charge in [0.2, 0.25) is 6.35 Å². The lowest BCUT2D eigenvalue weighted by atomic mass is 10.0. The molecule has 4 heteroatoms. The molecule has 1 aliphatic heterocycles. The Labute approximate surface area is 121 Å². The van der Waals surface area contributed by atoms with Crippen molar-refractivity contribution < 1.29 is 9.84 Å². The molecular weight excluding hydrogens is 252 g/mol. The van der Waals surface area contributed by atoms with E-state index in [-0.39, 0.29) is 13.0 Å². The standard InChI is InChI=1S/C16H24N2O2/c1-12-10-13(2)15(14(3)11-12)18-8-7-17(6-5-9-19)16(18)20-4/h7-8,10-11,16,19H,5-6,9H2,1-4H3. The minimum atomic E-state index is -0.137. The van der Waals surface area contributed by atoms with Crippen molar-refractivity contribution in [1.82, 2.24) is 4.90 Å². The molecule has 0 aromatic heterocycles. The number of aliphatic hydroxyl groups excluding tert-OH is 1. The summed E-state index contributed by atoms with van der Waals surface area (Å²) >= 11 is 0. The highest BCUT2D eigenvalue weighted by atomic mass is 16.5. The molecule has 20 heavy (non-hydrogen) atoms. The predicted octanol–water partition coefficient (Wildman–Crippen LogP) is 2.52. The van der Waals surface area contributed by atoms with Gasteiger partial charge in [-0.05, 0) is 38.3 Å². The van der Waals surface area contributed by atoms with Crippen molar-refractivity contribution in [2.45, 2.75) is 33.5 Å². The smallest absolute Gasteiger partial charge is 0.213 e. The topological polar surface area (TPSA) is 35.9 Å². The Morgan fingerprint density at radius 3 is 2.35 bits per heavy atom. The molecule has 0 spiro atoms. The zero-order valence-electron chi connectivity index (χ0n) is 12.8. The highest BCUT2D eigenvalue weighted by Gasteiger charge is 2.28. The number of nitrogens with zero attached hydrogens (tertiary/aromatic N) is 2. The number of benzene rings is 1. The number of aryl methyl sites for hydroxylation is 3. The van der Waals surface area contributed by atoms with E-state index in [1.165, 1.54) is 22.4 Å². The van der Waals surface area contributed by atoms with Crippen LogP contribution in [-0.2, 0) is 4.74 Å². The van der Waals surface area contributed by atoms with E-state index in [1.54, 1.807) is 7.11 Å². The third-order valence-electron chi connectivity index (χ3n) is 3.62. The third kappa shape index (κ3) is 2.81. The third-order valence-corrected chi connectivity index (χ3v) is 3.62. The van der Waals surface area contributed by atoms with Crippen molar-refractivity contribution >= 4 is 5.69 Å². The Morgan fingerprint density at radius 2 is 1.80 bits per heavy atom. The molecule has 2 rings (SSSR count). The van der Waals surface area contributed by atoms with Gasteiger partial charge in [-0.25, -0.2) is 0 Å². The van der Waals surface area contributed by atoms with Gasteiger partial charge in [-0.3, -0.25) is 0 Å². The fourth-order valence-corrected chi connectivity index (χ4v) is 2.92. The second kappa shape index (κ2) is 6.29. The highest BCUT2D eigenvalue weighted by molar-refractivity contribution is 5.63. The summed E-state index contributed by atoms with van der Waals surface area (Å²) in [6, 6.07) is 4.39. The van der Waals surface area contributed by atoms with Gasteiger partial charge in [0.1, 0.15) is 0 Å². The molecule has 0 saturated heterocycles. The number of methoxy groups -OCH3 is 1. The van der Waals surface area contributed by atoms with Gasteiger partial charge >= 0.3 is 0 Å². The molecule has 0 aliphatic carbocycles. The van der Waals surface area contributed by atoms with Gasteiger partial charge in [0.15, 0.2) is 0 Å². The zero-order valence-corrected chi connectivity index (χ0v) is 12.8. The van der Waals surface area contributed by atoms with Gasteiger partial charge in [-0.15, -0.1) is 0 Å². The van der Waals surface area contributed by atoms with Gasteiger partial charge in [0.25, 0.3) is 0 Å². The highest BCUT2D eigenvalue weighted by Crippen LogP contribution is 2.32. The zero-order chi connectivity index (χ0) is 14.7. The second-order valence-corrected chi connectivity index (χ2v) is 5.33. The Bertz CT molecular complexity index is 476. The van der Waals surface area contributed by atoms with Gasteiger partial charge in [-0.2, -0.15) is 0 Å². The molecule has 0 saturated carbocycles. The van der Waals surface area contributed by atoms with Crippen LogP contribution in [0.4, 0.5) is 5.69 Å². The van der Waals surface area contributed by atoms with Crippen LogP contribution >= 0.6 is 0 Å². The van der Waals surface area contributed by atoms with Gasteiger partial charge < -0.3 is 19.6 Å². The lowest BCUT2D eigenvalue weighted by molar-refractivity contribution is 0.00756. The minimum Gasteiger partial charge on any atom is -0.396 e. The summed E-state index contributed by atoms with van der Waals surface area (Å²) in [6.45, 7) is 7.36. The first kappa shape index (κ1) is 14.9. The summed E-state index contributed by atoms with van der Waals surface area (Å²) in [5, 5.41) is 8.98. The molecule has 1 N–H and O–H groups in total. The van der Waals surface area contributed by atoms with Crippen molar-refractivity contribution in [3.63, 3.8) is 0 Å². The summed E-state index contributed by atoms with van der Waals surface area (Å²) in [5.74, 6) is 0. The van der Waals surface area contributed by atoms with E-state index in [0.717, 1.165) is 13.0 Å². The van der Waals surface area contributed by atoms with E-state index in [1.807, 2.05) is 6.20 Å². The molecular formula is C16H24N2O2. The summed E-state index contributed by atoms with van der Waals surface area (Å²) in [7, 11) is 1.72. The van der Waals surface area contributed by atoms with Crippen LogP contribution in [0.1, 0.15) is 23.1 Å². The van der Waals surface area contributed by atoms with Crippen LogP contribution in [0.25, 0.3) is 0 Å². The van der Waals surface area contributed by atoms with Crippen LogP contribution in [0.5, 0.6) is 0 Å². The van der Waals surface area contributed by atoms with Crippen LogP contribution in [0.3, 0.4) is 0 Å². The predicted molar refractivity (Wildman–Crippen MR) is 81.5 cm³/mol. The first-order valence-electron chi connectivity index (χ1n) is 7.02. The van der Waals surface area contributed by atoms with E-state index in [0.29, 0.717) is 0 Å². The van der Waals surface area contributed by atoms with E-state index in [2.05, 4.69) is 48.9 Å². The van der Waals surface area contributed by atoms with Crippen molar-refractivity contribution in [3.05, 3.63) is 41.2 Å². The first-order valence-corrected chi connectivity index (χ1v) is 7.02. The van der Waals surface area contributed by atoms with Crippen LogP contribution in [0.2, 0.25) is 0 Å². The number of rotatable bonds is 5. The second-order valence-electron chi connectivity index (χ2n) is 5.33. The van der Waals surface area contributed by atoms with Crippen molar-refractivity contribution in [2.75, 3.05) is 25.2 Å². The molecule has 0 fully saturated rings. The Hall–Kier alpha value is -1.52. The quantitative estimate of drug-likeness (QED) is 0.896. The molecule has 110 valence electrons. The number of hydrogen-bond acceptors (Lipinski definition) is 4. The number of anilines is 1. The molecule has 1 aromatic carbocycles. The van der Waals surface area contributed by atoms with E-state index in [4.69, 9.17) is 9.84 Å². The molecule has 1 atom stereocenters. The minimum absolute atomic E-state index is 0.137. The molecule has 1 unspecified atom stereocenters. The average molecular weight is 276 g/mol. The molecule has 1 aromatic rings. The molecule has 1 aliphatic rings. The van der Waals surface area contributed by atoms with Gasteiger partial charge in [0, 0.05) is 32.7 Å². The number of ether oxygens (including phenoxy) is 1. The van der Waals surface area contributed by atoms with E-state index >= 15 is 0 Å². The SMILES string of the molecule is COC1N(CCCO)C=CN1c1c(C)cc(C)cc1C. The maximum atomic E-state index is 8.98. The van der Waals surface area contributed by atoms with Crippen molar-refractivity contribution in [2.24, 2.45) is 0 Å². The van der Waals surface area contributed by atoms with Gasteiger partial charge in [-0.1, -0.05) is 17.7 Å². The first-order chi connectivity index (χ1) is 9.58. The summed E-state index contributed by atoms with van der Waals surface area (Å²) in [5.41, 5.74) is 4.97. The lowest BCUT2D eigenvalue weighted by Crippen LogP contribution is -2.41. The summed E-state index contributed by atoms with van der Waals surface area (Å²) in [4.78, 5) is 4.26. The normalized spacial score (nSPS) is 18.1. The van der Waals surface area contributed by atoms with E-state index < -0.39 is 0 Å². The molecule has 0 amide bonds. The van der Waals surface area contributed by atoms with Crippen molar-refractivity contribution in [1.29, 1.82) is 0 Å². The molecule has 1 heterocycles. The summed E-state index contributed by atoms with van der Waals surface area (Å²) < 4.78 is 5.64. The fraction of sp³-hybridized carbons (Fsp3) is 0.500. The molecule has 4 nitrogen and oxygen atoms in total. The van der Waals surface area contributed by atoms with Crippen LogP contribution in [-0.4, -0.2) is 36.6 Å². The fourth-order valence-electron chi connectivity index (χ4n) is 2.92. The van der Waals surface area contributed by atoms with E-state index in [9.17, 15) is 0 Å². The molecule has 0 bridgehead atoms. The number of hydrogen-bond donors (Lipinski definition) is 1. The van der Waals surface area contributed by atoms with Crippen LogP contribution in [0, 0.1) is 20.8 Å². The van der Waals surface area contributed by atoms with Crippen LogP contribution in [0.15, 0.2) is 24.5 Å². The maximum absolute atomic E-state index is 8.98. The largest absolute Gasteiger partial charge is 0.396 e. The summed E-state index contributed by atoms with van der Waals surface area (Å²) in [6.07, 6.45) is 4.68. The Kier molecular flexibility index (Phi) is 4.68.